The number of nitrogens with zero attached hydrogens (tertiary/aromatic N) is 2. The van der Waals surface area contributed by atoms with Gasteiger partial charge in [-0.05, 0) is 13.8 Å². The van der Waals surface area contributed by atoms with Crippen molar-refractivity contribution < 1.29 is 4.21 Å². The zero-order valence-corrected chi connectivity index (χ0v) is 12.1. The molecule has 0 saturated heterocycles. The highest BCUT2D eigenvalue weighted by atomic mass is 32.2. The Hall–Kier alpha value is -1.21. The van der Waals surface area contributed by atoms with Gasteiger partial charge in [-0.25, -0.2) is 15.8 Å². The van der Waals surface area contributed by atoms with Gasteiger partial charge >= 0.3 is 0 Å². The lowest BCUT2D eigenvalue weighted by atomic mass is 10.3. The summed E-state index contributed by atoms with van der Waals surface area (Å²) in [5.41, 5.74) is 3.43. The minimum atomic E-state index is -0.851. The van der Waals surface area contributed by atoms with E-state index in [0.29, 0.717) is 12.4 Å². The zero-order valence-electron chi connectivity index (χ0n) is 11.3. The predicted molar refractivity (Wildman–Crippen MR) is 76.0 cm³/mol. The number of nitrogens with two attached hydrogens (primary N) is 1. The van der Waals surface area contributed by atoms with Crippen LogP contribution in [0.2, 0.25) is 0 Å². The van der Waals surface area contributed by atoms with Gasteiger partial charge in [0.15, 0.2) is 0 Å². The molecule has 7 heteroatoms. The van der Waals surface area contributed by atoms with Crippen molar-refractivity contribution >= 4 is 22.4 Å². The smallest absolute Gasteiger partial charge is 0.148 e. The van der Waals surface area contributed by atoms with E-state index in [1.165, 1.54) is 0 Å². The van der Waals surface area contributed by atoms with Crippen LogP contribution in [-0.2, 0) is 17.2 Å². The number of rotatable bonds is 6. The summed E-state index contributed by atoms with van der Waals surface area (Å²) in [6.45, 7) is 6.42. The van der Waals surface area contributed by atoms with E-state index in [2.05, 4.69) is 20.7 Å². The fourth-order valence-electron chi connectivity index (χ4n) is 1.39. The number of nitrogens with one attached hydrogen (secondary N) is 2. The van der Waals surface area contributed by atoms with E-state index in [1.807, 2.05) is 20.8 Å². The summed E-state index contributed by atoms with van der Waals surface area (Å²) in [6.07, 6.45) is 2.43. The lowest BCUT2D eigenvalue weighted by molar-refractivity contribution is 0.678. The lowest BCUT2D eigenvalue weighted by Crippen LogP contribution is -2.22. The van der Waals surface area contributed by atoms with E-state index >= 15 is 0 Å². The molecule has 0 bridgehead atoms. The summed E-state index contributed by atoms with van der Waals surface area (Å²) in [5, 5.41) is 3.27. The minimum absolute atomic E-state index is 0.0683. The number of hydrogen-bond acceptors (Lipinski definition) is 6. The third-order valence-corrected chi connectivity index (χ3v) is 4.07. The van der Waals surface area contributed by atoms with Crippen LogP contribution in [0.15, 0.2) is 0 Å². The van der Waals surface area contributed by atoms with Gasteiger partial charge in [0.1, 0.15) is 17.5 Å². The van der Waals surface area contributed by atoms with E-state index < -0.39 is 10.8 Å². The summed E-state index contributed by atoms with van der Waals surface area (Å²) in [6, 6.07) is 0. The molecule has 6 nitrogen and oxygen atoms in total. The Bertz CT molecular complexity index is 438. The van der Waals surface area contributed by atoms with Gasteiger partial charge in [-0.15, -0.1) is 0 Å². The molecule has 0 radical (unpaired) electrons. The Kier molecular flexibility index (Phi) is 5.49. The van der Waals surface area contributed by atoms with Gasteiger partial charge in [0.05, 0.1) is 0 Å². The highest BCUT2D eigenvalue weighted by Crippen LogP contribution is 2.19. The summed E-state index contributed by atoms with van der Waals surface area (Å²) < 4.78 is 11.3. The van der Waals surface area contributed by atoms with Gasteiger partial charge in [0.2, 0.25) is 0 Å². The van der Waals surface area contributed by atoms with Gasteiger partial charge in [0.25, 0.3) is 0 Å². The molecule has 1 rings (SSSR count). The second-order valence-electron chi connectivity index (χ2n) is 4.15. The Morgan fingerprint density at radius 1 is 1.39 bits per heavy atom. The van der Waals surface area contributed by atoms with E-state index in [1.54, 1.807) is 6.26 Å². The summed E-state index contributed by atoms with van der Waals surface area (Å²) in [7, 11) is -0.851. The summed E-state index contributed by atoms with van der Waals surface area (Å²) >= 11 is 0. The van der Waals surface area contributed by atoms with Crippen molar-refractivity contribution in [3.05, 3.63) is 11.4 Å². The average Bonchev–Trinajstić information content (AvgIpc) is 2.36. The Balaban J connectivity index is 2.90. The van der Waals surface area contributed by atoms with Gasteiger partial charge in [-0.1, -0.05) is 6.92 Å². The van der Waals surface area contributed by atoms with E-state index in [9.17, 15) is 4.21 Å². The van der Waals surface area contributed by atoms with Crippen molar-refractivity contribution in [2.24, 2.45) is 5.84 Å². The fraction of sp³-hybridized carbons (Fsp3) is 0.636. The van der Waals surface area contributed by atoms with Crippen LogP contribution in [0.5, 0.6) is 0 Å². The maximum Gasteiger partial charge on any atom is 0.148 e. The number of aromatic nitrogens is 2. The fourth-order valence-corrected chi connectivity index (χ4v) is 1.71. The standard InChI is InChI=1S/C11H21N5OS/c1-5-9-14-10(8(3)11(15-9)16-12)13-6-7(2)18(4)17/h7H,5-6,12H2,1-4H3,(H2,13,14,15,16). The predicted octanol–water partition coefficient (Wildman–Crippen LogP) is 0.812. The summed E-state index contributed by atoms with van der Waals surface area (Å²) in [4.78, 5) is 8.70. The average molecular weight is 271 g/mol. The SMILES string of the molecule is CCc1nc(NN)c(C)c(NCC(C)S(C)=O)n1. The molecule has 0 saturated carbocycles. The molecule has 102 valence electrons. The lowest BCUT2D eigenvalue weighted by Gasteiger charge is -2.15. The number of aryl methyl sites for hydroxylation is 1. The van der Waals surface area contributed by atoms with Crippen LogP contribution in [0.25, 0.3) is 0 Å². The monoisotopic (exact) mass is 271 g/mol. The topological polar surface area (TPSA) is 92.9 Å². The molecule has 0 amide bonds. The van der Waals surface area contributed by atoms with Gasteiger partial charge in [-0.2, -0.15) is 0 Å². The van der Waals surface area contributed by atoms with Crippen LogP contribution in [0.4, 0.5) is 11.6 Å². The molecule has 0 spiro atoms. The van der Waals surface area contributed by atoms with Crippen LogP contribution in [0.3, 0.4) is 0 Å². The first kappa shape index (κ1) is 14.8. The molecular formula is C11H21N5OS. The molecule has 0 aromatic carbocycles. The first-order valence-corrected chi connectivity index (χ1v) is 7.51. The van der Waals surface area contributed by atoms with Crippen molar-refractivity contribution in [3.63, 3.8) is 0 Å². The highest BCUT2D eigenvalue weighted by molar-refractivity contribution is 7.84. The van der Waals surface area contributed by atoms with Crippen LogP contribution in [-0.4, -0.2) is 32.2 Å². The van der Waals surface area contributed by atoms with Gasteiger partial charge < -0.3 is 10.7 Å². The second-order valence-corrected chi connectivity index (χ2v) is 5.95. The second kappa shape index (κ2) is 6.65. The molecule has 18 heavy (non-hydrogen) atoms. The maximum absolute atomic E-state index is 11.3. The van der Waals surface area contributed by atoms with E-state index in [0.717, 1.165) is 23.6 Å². The van der Waals surface area contributed by atoms with E-state index in [-0.39, 0.29) is 5.25 Å². The molecule has 1 aromatic rings. The molecular weight excluding hydrogens is 250 g/mol. The molecule has 0 aliphatic rings. The third-order valence-electron chi connectivity index (χ3n) is 2.77. The van der Waals surface area contributed by atoms with Gasteiger partial charge in [0, 0.05) is 40.8 Å². The highest BCUT2D eigenvalue weighted by Gasteiger charge is 2.11. The molecule has 0 aliphatic carbocycles. The Morgan fingerprint density at radius 2 is 2.00 bits per heavy atom. The molecule has 4 N–H and O–H groups in total. The first-order valence-electron chi connectivity index (χ1n) is 5.89. The maximum atomic E-state index is 11.3. The van der Waals surface area contributed by atoms with E-state index in [4.69, 9.17) is 5.84 Å². The largest absolute Gasteiger partial charge is 0.368 e. The molecule has 1 aromatic heterocycles. The third kappa shape index (κ3) is 3.64. The Labute approximate surface area is 110 Å². The number of hydrazine groups is 1. The van der Waals surface area contributed by atoms with Crippen molar-refractivity contribution in [2.75, 3.05) is 23.5 Å². The van der Waals surface area contributed by atoms with Gasteiger partial charge in [-0.3, -0.25) is 4.21 Å². The van der Waals surface area contributed by atoms with Crippen LogP contribution in [0.1, 0.15) is 25.2 Å². The number of anilines is 2. The molecule has 0 fully saturated rings. The van der Waals surface area contributed by atoms with Crippen molar-refractivity contribution in [1.82, 2.24) is 9.97 Å². The molecule has 2 unspecified atom stereocenters. The number of hydrogen-bond donors (Lipinski definition) is 3. The van der Waals surface area contributed by atoms with Crippen molar-refractivity contribution in [3.8, 4) is 0 Å². The molecule has 2 atom stereocenters. The van der Waals surface area contributed by atoms with Crippen molar-refractivity contribution in [2.45, 2.75) is 32.4 Å². The van der Waals surface area contributed by atoms with Crippen LogP contribution in [0, 0.1) is 6.92 Å². The van der Waals surface area contributed by atoms with Crippen molar-refractivity contribution in [1.29, 1.82) is 0 Å². The van der Waals surface area contributed by atoms with Crippen LogP contribution >= 0.6 is 0 Å². The quantitative estimate of drug-likeness (QED) is 0.524. The Morgan fingerprint density at radius 3 is 2.50 bits per heavy atom. The summed E-state index contributed by atoms with van der Waals surface area (Å²) in [5.74, 6) is 7.52. The van der Waals surface area contributed by atoms with Crippen LogP contribution < -0.4 is 16.6 Å². The minimum Gasteiger partial charge on any atom is -0.368 e. The molecule has 1 heterocycles. The molecule has 0 aliphatic heterocycles. The normalized spacial score (nSPS) is 14.1. The first-order chi connectivity index (χ1) is 8.49. The zero-order chi connectivity index (χ0) is 13.7. The number of nitrogen functional groups attached to an aromatic ring is 1.